The molecular formula is C16H22ClN5. The Labute approximate surface area is 135 Å². The van der Waals surface area contributed by atoms with Gasteiger partial charge < -0.3 is 4.57 Å². The number of imidazole rings is 1. The molecule has 2 aromatic rings. The molecule has 0 radical (unpaired) electrons. The first-order valence-electron chi connectivity index (χ1n) is 7.99. The molecular weight excluding hydrogens is 298 g/mol. The summed E-state index contributed by atoms with van der Waals surface area (Å²) in [6, 6.07) is 0. The molecule has 0 spiro atoms. The first-order valence-corrected chi connectivity index (χ1v) is 8.37. The molecule has 2 aliphatic rings. The molecule has 22 heavy (non-hydrogen) atoms. The Kier molecular flexibility index (Phi) is 3.31. The minimum Gasteiger partial charge on any atom is -0.335 e. The summed E-state index contributed by atoms with van der Waals surface area (Å²) in [5, 5.41) is 5.16. The highest BCUT2D eigenvalue weighted by Gasteiger charge is 2.32. The summed E-state index contributed by atoms with van der Waals surface area (Å²) in [6.45, 7) is 4.86. The lowest BCUT2D eigenvalue weighted by molar-refractivity contribution is 0.239. The molecule has 0 amide bonds. The monoisotopic (exact) mass is 319 g/mol. The van der Waals surface area contributed by atoms with Crippen molar-refractivity contribution in [2.45, 2.75) is 45.2 Å². The van der Waals surface area contributed by atoms with Gasteiger partial charge >= 0.3 is 0 Å². The lowest BCUT2D eigenvalue weighted by atomic mass is 10.1. The lowest BCUT2D eigenvalue weighted by Crippen LogP contribution is -2.31. The zero-order valence-electron chi connectivity index (χ0n) is 13.4. The fraction of sp³-hybridized carbons (Fsp3) is 0.625. The first-order chi connectivity index (χ1) is 10.5. The number of rotatable bonds is 3. The van der Waals surface area contributed by atoms with Gasteiger partial charge in [0.25, 0.3) is 0 Å². The van der Waals surface area contributed by atoms with E-state index in [2.05, 4.69) is 21.6 Å². The fourth-order valence-electron chi connectivity index (χ4n) is 3.52. The van der Waals surface area contributed by atoms with E-state index in [0.717, 1.165) is 42.5 Å². The number of aromatic nitrogens is 4. The largest absolute Gasteiger partial charge is 0.335 e. The molecule has 3 heterocycles. The van der Waals surface area contributed by atoms with Gasteiger partial charge in [-0.1, -0.05) is 11.6 Å². The molecule has 1 aliphatic heterocycles. The average molecular weight is 320 g/mol. The second-order valence-corrected chi connectivity index (χ2v) is 6.99. The van der Waals surface area contributed by atoms with E-state index in [9.17, 15) is 0 Å². The van der Waals surface area contributed by atoms with Crippen LogP contribution in [0, 0.1) is 6.92 Å². The van der Waals surface area contributed by atoms with Crippen molar-refractivity contribution in [1.82, 2.24) is 24.2 Å². The van der Waals surface area contributed by atoms with Crippen LogP contribution in [0.2, 0.25) is 5.15 Å². The Morgan fingerprint density at radius 3 is 2.68 bits per heavy atom. The summed E-state index contributed by atoms with van der Waals surface area (Å²) in [4.78, 5) is 7.35. The number of fused-ring (bicyclic) bond motifs is 1. The quantitative estimate of drug-likeness (QED) is 0.872. The molecule has 0 aromatic carbocycles. The van der Waals surface area contributed by atoms with Gasteiger partial charge in [0.15, 0.2) is 0 Å². The third-order valence-corrected chi connectivity index (χ3v) is 5.44. The topological polar surface area (TPSA) is 38.9 Å². The number of halogens is 1. The molecule has 0 atom stereocenters. The molecule has 1 fully saturated rings. The van der Waals surface area contributed by atoms with Crippen molar-refractivity contribution in [2.24, 2.45) is 14.1 Å². The van der Waals surface area contributed by atoms with Gasteiger partial charge in [-0.15, -0.1) is 0 Å². The van der Waals surface area contributed by atoms with Gasteiger partial charge in [-0.25, -0.2) is 4.98 Å². The van der Waals surface area contributed by atoms with Crippen molar-refractivity contribution in [2.75, 3.05) is 6.54 Å². The van der Waals surface area contributed by atoms with Crippen LogP contribution < -0.4 is 0 Å². The molecule has 0 bridgehead atoms. The Morgan fingerprint density at radius 2 is 2.05 bits per heavy atom. The van der Waals surface area contributed by atoms with Crippen molar-refractivity contribution < 1.29 is 0 Å². The Balaban J connectivity index is 1.55. The fourth-order valence-corrected chi connectivity index (χ4v) is 3.76. The van der Waals surface area contributed by atoms with E-state index in [1.165, 1.54) is 30.1 Å². The zero-order chi connectivity index (χ0) is 15.4. The van der Waals surface area contributed by atoms with Gasteiger partial charge in [-0.05, 0) is 19.8 Å². The highest BCUT2D eigenvalue weighted by atomic mass is 35.5. The molecule has 6 heteroatoms. The van der Waals surface area contributed by atoms with Crippen LogP contribution in [0.5, 0.6) is 0 Å². The summed E-state index contributed by atoms with van der Waals surface area (Å²) in [7, 11) is 4.07. The number of aryl methyl sites for hydroxylation is 2. The van der Waals surface area contributed by atoms with Crippen molar-refractivity contribution >= 4 is 11.6 Å². The lowest BCUT2D eigenvalue weighted by Gasteiger charge is -2.26. The smallest absolute Gasteiger partial charge is 0.131 e. The van der Waals surface area contributed by atoms with Gasteiger partial charge in [0.05, 0.1) is 11.4 Å². The van der Waals surface area contributed by atoms with Gasteiger partial charge in [-0.3, -0.25) is 9.58 Å². The standard InChI is InChI=1S/C16H22ClN5/c1-10-12(15(17)21(3)19-10)8-22-7-6-14-13(9-22)18-16(20(14)2)11-4-5-11/h11H,4-9H2,1-3H3. The van der Waals surface area contributed by atoms with E-state index < -0.39 is 0 Å². The Bertz CT molecular complexity index is 725. The second-order valence-electron chi connectivity index (χ2n) is 6.64. The van der Waals surface area contributed by atoms with Crippen LogP contribution in [-0.2, 0) is 33.6 Å². The SMILES string of the molecule is Cc1nn(C)c(Cl)c1CN1CCc2c(nc(C3CC3)n2C)C1. The van der Waals surface area contributed by atoms with Crippen molar-refractivity contribution in [3.8, 4) is 0 Å². The predicted octanol–water partition coefficient (Wildman–Crippen LogP) is 2.55. The van der Waals surface area contributed by atoms with Crippen LogP contribution in [0.3, 0.4) is 0 Å². The minimum atomic E-state index is 0.707. The third kappa shape index (κ3) is 2.27. The molecule has 1 aliphatic carbocycles. The molecule has 0 N–H and O–H groups in total. The molecule has 0 unspecified atom stereocenters. The molecule has 118 valence electrons. The third-order valence-electron chi connectivity index (χ3n) is 4.96. The molecule has 1 saturated carbocycles. The summed E-state index contributed by atoms with van der Waals surface area (Å²) >= 11 is 6.37. The Hall–Kier alpha value is -1.33. The van der Waals surface area contributed by atoms with Crippen molar-refractivity contribution in [3.05, 3.63) is 33.6 Å². The van der Waals surface area contributed by atoms with Gasteiger partial charge in [-0.2, -0.15) is 5.10 Å². The number of nitrogens with zero attached hydrogens (tertiary/aromatic N) is 5. The van der Waals surface area contributed by atoms with Crippen LogP contribution in [0.25, 0.3) is 0 Å². The number of hydrogen-bond donors (Lipinski definition) is 0. The van der Waals surface area contributed by atoms with E-state index in [4.69, 9.17) is 16.6 Å². The highest BCUT2D eigenvalue weighted by Crippen LogP contribution is 2.40. The molecule has 5 nitrogen and oxygen atoms in total. The summed E-state index contributed by atoms with van der Waals surface area (Å²) < 4.78 is 4.10. The van der Waals surface area contributed by atoms with Crippen molar-refractivity contribution in [3.63, 3.8) is 0 Å². The normalized spacial score (nSPS) is 18.7. The van der Waals surface area contributed by atoms with Crippen LogP contribution in [0.4, 0.5) is 0 Å². The maximum absolute atomic E-state index is 6.37. The maximum Gasteiger partial charge on any atom is 0.131 e. The van der Waals surface area contributed by atoms with Crippen LogP contribution in [0.15, 0.2) is 0 Å². The molecule has 0 saturated heterocycles. The highest BCUT2D eigenvalue weighted by molar-refractivity contribution is 6.30. The van der Waals surface area contributed by atoms with E-state index >= 15 is 0 Å². The Morgan fingerprint density at radius 1 is 1.27 bits per heavy atom. The van der Waals surface area contributed by atoms with Gasteiger partial charge in [0, 0.05) is 57.3 Å². The molecule has 4 rings (SSSR count). The van der Waals surface area contributed by atoms with Gasteiger partial charge in [0.1, 0.15) is 11.0 Å². The number of hydrogen-bond acceptors (Lipinski definition) is 3. The van der Waals surface area contributed by atoms with Crippen LogP contribution in [-0.4, -0.2) is 30.8 Å². The van der Waals surface area contributed by atoms with E-state index in [-0.39, 0.29) is 0 Å². The van der Waals surface area contributed by atoms with Crippen LogP contribution >= 0.6 is 11.6 Å². The van der Waals surface area contributed by atoms with E-state index in [1.807, 2.05) is 14.0 Å². The van der Waals surface area contributed by atoms with Crippen molar-refractivity contribution in [1.29, 1.82) is 0 Å². The van der Waals surface area contributed by atoms with E-state index in [1.54, 1.807) is 4.68 Å². The maximum atomic E-state index is 6.37. The van der Waals surface area contributed by atoms with Crippen LogP contribution in [0.1, 0.15) is 47.2 Å². The predicted molar refractivity (Wildman–Crippen MR) is 86.0 cm³/mol. The average Bonchev–Trinajstić information content (AvgIpc) is 3.24. The summed E-state index contributed by atoms with van der Waals surface area (Å²) in [5.74, 6) is 2.00. The van der Waals surface area contributed by atoms with E-state index in [0.29, 0.717) is 5.92 Å². The second kappa shape index (κ2) is 5.10. The van der Waals surface area contributed by atoms with Gasteiger partial charge in [0.2, 0.25) is 0 Å². The molecule has 2 aromatic heterocycles. The summed E-state index contributed by atoms with van der Waals surface area (Å²) in [6.07, 6.45) is 3.68. The minimum absolute atomic E-state index is 0.707. The first kappa shape index (κ1) is 14.3. The zero-order valence-corrected chi connectivity index (χ0v) is 14.2. The summed E-state index contributed by atoms with van der Waals surface area (Å²) in [5.41, 5.74) is 4.85.